The molecule has 3 nitrogen and oxygen atoms in total. The Morgan fingerprint density at radius 3 is 1.70 bits per heavy atom. The molecule has 0 spiro atoms. The van der Waals surface area contributed by atoms with Gasteiger partial charge in [-0.05, 0) is 0 Å². The van der Waals surface area contributed by atoms with Gasteiger partial charge in [0, 0.05) is 0 Å². The van der Waals surface area contributed by atoms with Crippen LogP contribution in [-0.4, -0.2) is 39.2 Å². The van der Waals surface area contributed by atoms with E-state index in [1.54, 1.807) is 0 Å². The molecule has 0 atom stereocenters. The van der Waals surface area contributed by atoms with E-state index in [9.17, 15) is 21.6 Å². The molecule has 2 N–H and O–H groups in total. The Morgan fingerprint density at radius 2 is 1.70 bits per heavy atom. The molecule has 0 radical (unpaired) electrons. The second-order valence-corrected chi connectivity index (χ2v) is 3.00. The van der Waals surface area contributed by atoms with Gasteiger partial charge < -0.3 is 0 Å². The SMILES string of the molecule is NS(=O)(=O)C(F)(F)CF.[LiH]. The summed E-state index contributed by atoms with van der Waals surface area (Å²) in [5.41, 5.74) is 0. The van der Waals surface area contributed by atoms with Crippen LogP contribution in [0.25, 0.3) is 0 Å². The first-order valence-corrected chi connectivity index (χ1v) is 3.32. The van der Waals surface area contributed by atoms with Gasteiger partial charge >= 0.3 is 24.1 Å². The Hall–Kier alpha value is 0.297. The summed E-state index contributed by atoms with van der Waals surface area (Å²) in [4.78, 5) is 0. The molecule has 0 saturated carbocycles. The zero-order valence-electron chi connectivity index (χ0n) is 4.14. The van der Waals surface area contributed by atoms with Crippen LogP contribution in [0.15, 0.2) is 0 Å². The van der Waals surface area contributed by atoms with E-state index < -0.39 is 22.0 Å². The molecule has 0 amide bonds. The van der Waals surface area contributed by atoms with E-state index >= 15 is 0 Å². The van der Waals surface area contributed by atoms with Crippen molar-refractivity contribution in [2.24, 2.45) is 5.14 Å². The van der Waals surface area contributed by atoms with Crippen molar-refractivity contribution in [3.8, 4) is 0 Å². The first kappa shape index (κ1) is 12.9. The number of hydrogen-bond acceptors (Lipinski definition) is 2. The summed E-state index contributed by atoms with van der Waals surface area (Å²) in [7, 11) is -5.06. The van der Waals surface area contributed by atoms with Gasteiger partial charge in [0.2, 0.25) is 0 Å². The van der Waals surface area contributed by atoms with Crippen LogP contribution in [0, 0.1) is 0 Å². The molecule has 0 aliphatic heterocycles. The third kappa shape index (κ3) is 2.92. The second kappa shape index (κ2) is 3.62. The summed E-state index contributed by atoms with van der Waals surface area (Å²) in [6, 6.07) is 0. The van der Waals surface area contributed by atoms with Crippen LogP contribution in [0.4, 0.5) is 13.2 Å². The normalized spacial score (nSPS) is 12.4. The molecule has 10 heavy (non-hydrogen) atoms. The van der Waals surface area contributed by atoms with E-state index in [1.165, 1.54) is 0 Å². The maximum atomic E-state index is 11.6. The first-order chi connectivity index (χ1) is 3.81. The predicted molar refractivity (Wildman–Crippen MR) is 31.2 cm³/mol. The van der Waals surface area contributed by atoms with Crippen LogP contribution in [0.3, 0.4) is 0 Å². The second-order valence-electron chi connectivity index (χ2n) is 1.32. The third-order valence-electron chi connectivity index (χ3n) is 0.572. The molecule has 0 aromatic rings. The fourth-order valence-corrected chi connectivity index (χ4v) is 0.228. The Labute approximate surface area is 68.0 Å². The molecule has 8 heteroatoms. The van der Waals surface area contributed by atoms with E-state index in [2.05, 4.69) is 5.14 Å². The summed E-state index contributed by atoms with van der Waals surface area (Å²) in [6.45, 7) is -2.29. The van der Waals surface area contributed by atoms with Crippen molar-refractivity contribution in [1.29, 1.82) is 0 Å². The van der Waals surface area contributed by atoms with E-state index in [0.717, 1.165) is 0 Å². The van der Waals surface area contributed by atoms with Crippen LogP contribution in [-0.2, 0) is 10.0 Å². The number of primary sulfonamides is 1. The van der Waals surface area contributed by atoms with Crippen LogP contribution >= 0.6 is 0 Å². The monoisotopic (exact) mass is 171 g/mol. The Bertz CT molecular complexity index is 191. The van der Waals surface area contributed by atoms with E-state index in [4.69, 9.17) is 0 Å². The Morgan fingerprint density at radius 1 is 1.40 bits per heavy atom. The van der Waals surface area contributed by atoms with Crippen molar-refractivity contribution in [1.82, 2.24) is 0 Å². The summed E-state index contributed by atoms with van der Waals surface area (Å²) >= 11 is 0. The van der Waals surface area contributed by atoms with Gasteiger partial charge in [-0.3, -0.25) is 0 Å². The van der Waals surface area contributed by atoms with Gasteiger partial charge in [-0.25, -0.2) is 17.9 Å². The number of sulfonamides is 1. The average Bonchev–Trinajstić information content (AvgIpc) is 1.64. The zero-order valence-corrected chi connectivity index (χ0v) is 4.96. The van der Waals surface area contributed by atoms with Crippen LogP contribution in [0.1, 0.15) is 0 Å². The molecule has 0 aliphatic rings. The van der Waals surface area contributed by atoms with Gasteiger partial charge in [-0.1, -0.05) is 0 Å². The summed E-state index contributed by atoms with van der Waals surface area (Å²) in [6.07, 6.45) is 0. The maximum absolute atomic E-state index is 11.6. The van der Waals surface area contributed by atoms with Gasteiger partial charge in [0.05, 0.1) is 0 Å². The molecule has 0 saturated heterocycles. The molecule has 0 unspecified atom stereocenters. The predicted octanol–water partition coefficient (Wildman–Crippen LogP) is -0.811. The number of alkyl halides is 3. The van der Waals surface area contributed by atoms with Crippen molar-refractivity contribution in [2.45, 2.75) is 5.25 Å². The van der Waals surface area contributed by atoms with Gasteiger partial charge in [0.15, 0.2) is 6.67 Å². The molecule has 0 bridgehead atoms. The topological polar surface area (TPSA) is 60.2 Å². The number of hydrogen-bond donors (Lipinski definition) is 1. The third-order valence-corrected chi connectivity index (χ3v) is 1.51. The van der Waals surface area contributed by atoms with Crippen molar-refractivity contribution in [3.63, 3.8) is 0 Å². The van der Waals surface area contributed by atoms with Crippen molar-refractivity contribution >= 4 is 28.9 Å². The quantitative estimate of drug-likeness (QED) is 0.552. The first-order valence-electron chi connectivity index (χ1n) is 1.77. The fraction of sp³-hybridized carbons (Fsp3) is 1.00. The summed E-state index contributed by atoms with van der Waals surface area (Å²) < 4.78 is 53.5. The number of halogens is 3. The van der Waals surface area contributed by atoms with Gasteiger partial charge in [-0.2, -0.15) is 8.78 Å². The minimum atomic E-state index is -5.06. The van der Waals surface area contributed by atoms with E-state index in [0.29, 0.717) is 0 Å². The standard InChI is InChI=1S/C2H4F3NO2S.Li.H/c3-1-2(4,5)9(6,7)8;;/h1H2,(H2,6,7,8);;. The molecule has 0 rings (SSSR count). The Balaban J connectivity index is 0. The number of rotatable bonds is 2. The van der Waals surface area contributed by atoms with Crippen LogP contribution in [0.5, 0.6) is 0 Å². The zero-order chi connectivity index (χ0) is 7.71. The molecule has 58 valence electrons. The van der Waals surface area contributed by atoms with Crippen LogP contribution in [0.2, 0.25) is 0 Å². The van der Waals surface area contributed by atoms with Crippen molar-refractivity contribution in [3.05, 3.63) is 0 Å². The molecule has 0 aromatic carbocycles. The summed E-state index contributed by atoms with van der Waals surface area (Å²) in [5, 5.41) is -0.532. The molecular formula is C2H5F3LiNO2S. The van der Waals surface area contributed by atoms with Crippen molar-refractivity contribution in [2.75, 3.05) is 6.67 Å². The molecule has 0 fully saturated rings. The van der Waals surface area contributed by atoms with Crippen molar-refractivity contribution < 1.29 is 21.6 Å². The summed E-state index contributed by atoms with van der Waals surface area (Å²) in [5.74, 6) is 0. The van der Waals surface area contributed by atoms with Gasteiger partial charge in [0.25, 0.3) is 10.0 Å². The Kier molecular flexibility index (Phi) is 4.68. The average molecular weight is 171 g/mol. The van der Waals surface area contributed by atoms with Crippen LogP contribution < -0.4 is 5.14 Å². The number of nitrogens with two attached hydrogens (primary N) is 1. The molecule has 0 aliphatic carbocycles. The van der Waals surface area contributed by atoms with Gasteiger partial charge in [-0.15, -0.1) is 0 Å². The molecular weight excluding hydrogens is 166 g/mol. The molecule has 0 aromatic heterocycles. The fourth-order valence-electron chi connectivity index (χ4n) is 0.0760. The van der Waals surface area contributed by atoms with Gasteiger partial charge in [0.1, 0.15) is 0 Å². The van der Waals surface area contributed by atoms with E-state index in [-0.39, 0.29) is 18.9 Å². The minimum absolute atomic E-state index is 0. The van der Waals surface area contributed by atoms with E-state index in [1.807, 2.05) is 0 Å². The molecule has 0 heterocycles.